The van der Waals surface area contributed by atoms with E-state index in [4.69, 9.17) is 5.73 Å². The van der Waals surface area contributed by atoms with E-state index in [1.165, 1.54) is 19.0 Å². The first-order chi connectivity index (χ1) is 19.8. The molecule has 1 fully saturated rings. The highest BCUT2D eigenvalue weighted by Crippen LogP contribution is 2.54. The standard InChI is InChI=1S/C29H34F3N3O8/c1-27(42)4-6-35(7-5-27)11-13-10-16(36)18-14(20(13)29(30,31)32)8-12-9-15-21(34(2)3)23(38)19(26(33)41)25(40)28(15,43)24(39)17(12)22(18)37/h10,12,15,21,36,38-39,42-43H,4-9,11H2,1-3H3,(H2,33,41)/t12-,15-,21-,28-/m0/s1. The molecule has 0 unspecified atom stereocenters. The molecule has 1 aromatic rings. The number of fused-ring (bicyclic) bond motifs is 3. The number of aliphatic hydroxyl groups excluding tert-OH is 2. The molecule has 4 atom stereocenters. The maximum absolute atomic E-state index is 14.7. The lowest BCUT2D eigenvalue weighted by Crippen LogP contribution is -2.63. The van der Waals surface area contributed by atoms with Crippen molar-refractivity contribution in [3.8, 4) is 5.75 Å². The summed E-state index contributed by atoms with van der Waals surface area (Å²) in [4.78, 5) is 42.3. The van der Waals surface area contributed by atoms with Crippen molar-refractivity contribution in [3.63, 3.8) is 0 Å². The van der Waals surface area contributed by atoms with Crippen LogP contribution in [0.25, 0.3) is 0 Å². The Morgan fingerprint density at radius 3 is 2.28 bits per heavy atom. The van der Waals surface area contributed by atoms with Crippen LogP contribution in [0, 0.1) is 11.8 Å². The van der Waals surface area contributed by atoms with Crippen LogP contribution in [0.4, 0.5) is 13.2 Å². The molecule has 234 valence electrons. The van der Waals surface area contributed by atoms with Gasteiger partial charge in [-0.1, -0.05) is 0 Å². The van der Waals surface area contributed by atoms with Crippen molar-refractivity contribution in [2.45, 2.75) is 62.6 Å². The van der Waals surface area contributed by atoms with Crippen molar-refractivity contribution in [1.29, 1.82) is 0 Å². The minimum Gasteiger partial charge on any atom is -0.510 e. The van der Waals surface area contributed by atoms with Crippen LogP contribution in [0.3, 0.4) is 0 Å². The average Bonchev–Trinajstić information content (AvgIpc) is 2.86. The number of benzene rings is 1. The van der Waals surface area contributed by atoms with Gasteiger partial charge in [0, 0.05) is 31.1 Å². The van der Waals surface area contributed by atoms with E-state index in [1.807, 2.05) is 0 Å². The molecule has 43 heavy (non-hydrogen) atoms. The number of Topliss-reactive ketones (excluding diaryl/α,β-unsaturated/α-hetero) is 2. The normalized spacial score (nSPS) is 29.5. The predicted molar refractivity (Wildman–Crippen MR) is 144 cm³/mol. The molecule has 1 aromatic carbocycles. The van der Waals surface area contributed by atoms with Gasteiger partial charge in [0.25, 0.3) is 5.91 Å². The number of hydrogen-bond acceptors (Lipinski definition) is 10. The Morgan fingerprint density at radius 1 is 1.14 bits per heavy atom. The second-order valence-corrected chi connectivity index (χ2v) is 12.5. The van der Waals surface area contributed by atoms with E-state index >= 15 is 0 Å². The third-order valence-corrected chi connectivity index (χ3v) is 9.42. The number of likely N-dealkylation sites (tertiary alicyclic amines) is 1. The monoisotopic (exact) mass is 609 g/mol. The van der Waals surface area contributed by atoms with Crippen molar-refractivity contribution in [2.24, 2.45) is 17.6 Å². The molecule has 1 heterocycles. The lowest BCUT2D eigenvalue weighted by Gasteiger charge is -2.50. The Kier molecular flexibility index (Phi) is 7.24. The van der Waals surface area contributed by atoms with Crippen LogP contribution < -0.4 is 5.73 Å². The van der Waals surface area contributed by atoms with Gasteiger partial charge in [-0.05, 0) is 69.8 Å². The highest BCUT2D eigenvalue weighted by Gasteiger charge is 2.63. The van der Waals surface area contributed by atoms with E-state index in [9.17, 15) is 53.1 Å². The number of piperidine rings is 1. The zero-order chi connectivity index (χ0) is 32.0. The van der Waals surface area contributed by atoms with E-state index in [2.05, 4.69) is 0 Å². The topological polar surface area (TPSA) is 185 Å². The molecule has 0 bridgehead atoms. The van der Waals surface area contributed by atoms with Gasteiger partial charge in [0.1, 0.15) is 22.8 Å². The smallest absolute Gasteiger partial charge is 0.417 e. The van der Waals surface area contributed by atoms with E-state index in [0.717, 1.165) is 6.07 Å². The Morgan fingerprint density at radius 2 is 1.74 bits per heavy atom. The number of amides is 1. The number of nitrogens with zero attached hydrogens (tertiary/aromatic N) is 2. The fourth-order valence-electron chi connectivity index (χ4n) is 7.30. The van der Waals surface area contributed by atoms with Crippen LogP contribution in [0.1, 0.15) is 53.2 Å². The number of halogens is 3. The molecule has 1 saturated heterocycles. The van der Waals surface area contributed by atoms with Crippen LogP contribution in [0.15, 0.2) is 28.7 Å². The number of phenolic OH excluding ortho intramolecular Hbond substituents is 1. The van der Waals surface area contributed by atoms with Crippen molar-refractivity contribution in [1.82, 2.24) is 9.80 Å². The van der Waals surface area contributed by atoms with Gasteiger partial charge < -0.3 is 31.3 Å². The molecule has 0 saturated carbocycles. The molecule has 1 amide bonds. The largest absolute Gasteiger partial charge is 0.510 e. The summed E-state index contributed by atoms with van der Waals surface area (Å²) in [5.41, 5.74) is -2.54. The SMILES string of the molecule is CN(C)[C@@H]1C(O)=C(C(N)=O)C(=O)[C@@]2(O)C(O)=C3C(=O)c4c(O)cc(CN5CCC(C)(O)CC5)c(C(F)(F)F)c4C[C@H]3C[C@@H]12. The van der Waals surface area contributed by atoms with Gasteiger partial charge in [-0.25, -0.2) is 0 Å². The summed E-state index contributed by atoms with van der Waals surface area (Å²) in [6.07, 6.45) is -5.05. The number of ketones is 2. The molecule has 0 aromatic heterocycles. The molecule has 11 nitrogen and oxygen atoms in total. The first kappa shape index (κ1) is 31.0. The number of allylic oxidation sites excluding steroid dienone is 1. The Bertz CT molecular complexity index is 1490. The molecular weight excluding hydrogens is 575 g/mol. The van der Waals surface area contributed by atoms with Crippen molar-refractivity contribution < 1.29 is 53.1 Å². The fourth-order valence-corrected chi connectivity index (χ4v) is 7.30. The number of likely N-dealkylation sites (N-methyl/N-ethyl adjacent to an activating group) is 1. The minimum absolute atomic E-state index is 0.202. The second-order valence-electron chi connectivity index (χ2n) is 12.5. The third kappa shape index (κ3) is 4.71. The first-order valence-corrected chi connectivity index (χ1v) is 13.9. The van der Waals surface area contributed by atoms with Gasteiger partial charge in [0.05, 0.1) is 22.8 Å². The maximum atomic E-state index is 14.7. The van der Waals surface area contributed by atoms with Crippen molar-refractivity contribution in [2.75, 3.05) is 27.2 Å². The van der Waals surface area contributed by atoms with Gasteiger partial charge in [-0.2, -0.15) is 13.2 Å². The molecule has 14 heteroatoms. The Hall–Kier alpha value is -3.46. The van der Waals surface area contributed by atoms with Gasteiger partial charge >= 0.3 is 6.18 Å². The Balaban J connectivity index is 1.65. The van der Waals surface area contributed by atoms with E-state index in [0.29, 0.717) is 25.9 Å². The number of primary amides is 1. The van der Waals surface area contributed by atoms with Crippen molar-refractivity contribution >= 4 is 17.5 Å². The molecule has 7 N–H and O–H groups in total. The number of aliphatic hydroxyl groups is 4. The fraction of sp³-hybridized carbons (Fsp3) is 0.552. The number of carbonyl (C=O) groups is 3. The molecule has 0 spiro atoms. The number of carbonyl (C=O) groups excluding carboxylic acids is 3. The van der Waals surface area contributed by atoms with Crippen LogP contribution in [-0.4, -0.2) is 97.2 Å². The molecule has 4 aliphatic rings. The van der Waals surface area contributed by atoms with Gasteiger partial charge in [0.2, 0.25) is 5.78 Å². The Labute approximate surface area is 244 Å². The van der Waals surface area contributed by atoms with Crippen LogP contribution in [0.2, 0.25) is 0 Å². The number of hydrogen-bond donors (Lipinski definition) is 6. The van der Waals surface area contributed by atoms with E-state index in [1.54, 1.807) is 11.8 Å². The summed E-state index contributed by atoms with van der Waals surface area (Å²) in [5, 5.41) is 55.0. The number of alkyl halides is 3. The summed E-state index contributed by atoms with van der Waals surface area (Å²) < 4.78 is 44.1. The molecule has 3 aliphatic carbocycles. The molecule has 0 radical (unpaired) electrons. The van der Waals surface area contributed by atoms with Crippen molar-refractivity contribution in [3.05, 3.63) is 51.0 Å². The minimum atomic E-state index is -4.93. The molecule has 1 aliphatic heterocycles. The lowest BCUT2D eigenvalue weighted by atomic mass is 9.58. The number of aromatic hydroxyl groups is 1. The highest BCUT2D eigenvalue weighted by molar-refractivity contribution is 6.24. The summed E-state index contributed by atoms with van der Waals surface area (Å²) in [7, 11) is 2.92. The summed E-state index contributed by atoms with van der Waals surface area (Å²) in [6.45, 7) is 2.08. The summed E-state index contributed by atoms with van der Waals surface area (Å²) >= 11 is 0. The maximum Gasteiger partial charge on any atom is 0.417 e. The van der Waals surface area contributed by atoms with Crippen LogP contribution in [0.5, 0.6) is 5.75 Å². The average molecular weight is 610 g/mol. The number of phenols is 1. The third-order valence-electron chi connectivity index (χ3n) is 9.42. The van der Waals surface area contributed by atoms with E-state index < -0.39 is 104 Å². The van der Waals surface area contributed by atoms with Crippen LogP contribution in [-0.2, 0) is 28.7 Å². The van der Waals surface area contributed by atoms with Gasteiger partial charge in [0.15, 0.2) is 11.4 Å². The van der Waals surface area contributed by atoms with Gasteiger partial charge in [-0.3, -0.25) is 24.2 Å². The lowest BCUT2D eigenvalue weighted by molar-refractivity contribution is -0.148. The van der Waals surface area contributed by atoms with Gasteiger partial charge in [-0.15, -0.1) is 0 Å². The van der Waals surface area contributed by atoms with E-state index in [-0.39, 0.29) is 18.5 Å². The zero-order valence-electron chi connectivity index (χ0n) is 23.8. The quantitative estimate of drug-likeness (QED) is 0.273. The molecular formula is C29H34F3N3O8. The first-order valence-electron chi connectivity index (χ1n) is 13.9. The highest BCUT2D eigenvalue weighted by atomic mass is 19.4. The second kappa shape index (κ2) is 10.0. The zero-order valence-corrected chi connectivity index (χ0v) is 23.8. The predicted octanol–water partition coefficient (Wildman–Crippen LogP) is 1.49. The molecule has 5 rings (SSSR count). The number of rotatable bonds is 4. The van der Waals surface area contributed by atoms with Crippen LogP contribution >= 0.6 is 0 Å². The summed E-state index contributed by atoms with van der Waals surface area (Å²) in [6, 6.07) is -0.395. The number of nitrogens with two attached hydrogens (primary N) is 1. The summed E-state index contributed by atoms with van der Waals surface area (Å²) in [5.74, 6) is -9.16.